The van der Waals surface area contributed by atoms with Crippen molar-refractivity contribution >= 4 is 23.9 Å². The number of hydrogen-bond acceptors (Lipinski definition) is 7. The average Bonchev–Trinajstić information content (AvgIpc) is 2.86. The van der Waals surface area contributed by atoms with E-state index >= 15 is 0 Å². The van der Waals surface area contributed by atoms with Crippen molar-refractivity contribution in [3.63, 3.8) is 0 Å². The first-order valence-electron chi connectivity index (χ1n) is 11.9. The number of methoxy groups -OCH3 is 2. The third-order valence-corrected chi connectivity index (χ3v) is 6.91. The molecule has 0 aromatic heterocycles. The number of para-hydroxylation sites is 1. The maximum atomic E-state index is 11.7. The van der Waals surface area contributed by atoms with Crippen LogP contribution >= 0.6 is 11.6 Å². The molecule has 0 bridgehead atoms. The highest BCUT2D eigenvalue weighted by Gasteiger charge is 2.45. The van der Waals surface area contributed by atoms with Gasteiger partial charge in [-0.15, -0.1) is 11.6 Å². The molecule has 1 fully saturated rings. The number of carbonyl (C=O) groups is 2. The Balaban J connectivity index is 1.87. The lowest BCUT2D eigenvalue weighted by molar-refractivity contribution is -0.107. The SMILES string of the molecule is COc1cc(COc2ccccc2C2CC(N)(NC(N)=O)C(Cl)CN2CCCCC=O)cc(OC)c1. The van der Waals surface area contributed by atoms with Gasteiger partial charge in [-0.05, 0) is 43.1 Å². The first kappa shape index (κ1) is 27.6. The van der Waals surface area contributed by atoms with Crippen LogP contribution in [-0.2, 0) is 11.4 Å². The zero-order chi connectivity index (χ0) is 26.1. The molecule has 2 aromatic rings. The molecular weight excluding hydrogens is 484 g/mol. The molecule has 2 aromatic carbocycles. The number of piperidine rings is 1. The summed E-state index contributed by atoms with van der Waals surface area (Å²) < 4.78 is 17.0. The van der Waals surface area contributed by atoms with Crippen molar-refractivity contribution in [1.29, 1.82) is 0 Å². The van der Waals surface area contributed by atoms with Gasteiger partial charge in [0.05, 0.1) is 19.6 Å². The highest BCUT2D eigenvalue weighted by molar-refractivity contribution is 6.21. The van der Waals surface area contributed by atoms with Gasteiger partial charge in [-0.2, -0.15) is 0 Å². The van der Waals surface area contributed by atoms with Gasteiger partial charge in [0.2, 0.25) is 0 Å². The predicted octanol–water partition coefficient (Wildman–Crippen LogP) is 3.33. The second kappa shape index (κ2) is 12.8. The molecule has 3 rings (SSSR count). The van der Waals surface area contributed by atoms with Gasteiger partial charge in [0, 0.05) is 37.1 Å². The summed E-state index contributed by atoms with van der Waals surface area (Å²) in [7, 11) is 3.20. The van der Waals surface area contributed by atoms with E-state index in [1.165, 1.54) is 0 Å². The number of unbranched alkanes of at least 4 members (excludes halogenated alkanes) is 2. The van der Waals surface area contributed by atoms with Crippen molar-refractivity contribution in [3.05, 3.63) is 53.6 Å². The van der Waals surface area contributed by atoms with E-state index in [1.54, 1.807) is 20.3 Å². The van der Waals surface area contributed by atoms with Crippen LogP contribution in [0.1, 0.15) is 42.9 Å². The molecule has 36 heavy (non-hydrogen) atoms. The van der Waals surface area contributed by atoms with Gasteiger partial charge in [-0.25, -0.2) is 4.79 Å². The van der Waals surface area contributed by atoms with Crippen molar-refractivity contribution in [2.45, 2.75) is 49.4 Å². The molecular formula is C26H35ClN4O5. The van der Waals surface area contributed by atoms with Gasteiger partial charge in [0.1, 0.15) is 35.8 Å². The molecule has 5 N–H and O–H groups in total. The number of alkyl halides is 1. The number of ether oxygens (including phenoxy) is 3. The molecule has 9 nitrogen and oxygen atoms in total. The number of primary amides is 1. The Labute approximate surface area is 217 Å². The second-order valence-electron chi connectivity index (χ2n) is 8.92. The van der Waals surface area contributed by atoms with E-state index in [-0.39, 0.29) is 6.04 Å². The lowest BCUT2D eigenvalue weighted by Crippen LogP contribution is -2.69. The quantitative estimate of drug-likeness (QED) is 0.170. The van der Waals surface area contributed by atoms with Gasteiger partial charge >= 0.3 is 6.03 Å². The number of urea groups is 1. The number of nitrogens with one attached hydrogen (secondary N) is 1. The normalized spacial score (nSPS) is 22.0. The van der Waals surface area contributed by atoms with E-state index < -0.39 is 17.1 Å². The van der Waals surface area contributed by atoms with Crippen molar-refractivity contribution < 1.29 is 23.8 Å². The van der Waals surface area contributed by atoms with E-state index in [4.69, 9.17) is 37.3 Å². The number of benzene rings is 2. The second-order valence-corrected chi connectivity index (χ2v) is 9.45. The average molecular weight is 519 g/mol. The standard InChI is InChI=1S/C26H35ClN4O5/c1-34-19-12-18(13-20(14-19)35-2)17-36-23-9-5-4-8-21(23)22-15-26(29,30-25(28)33)24(27)16-31(22)10-6-3-7-11-32/h4-5,8-9,11-14,22,24H,3,6-7,10,15-17,29H2,1-2H3,(H3,28,30,33). The van der Waals surface area contributed by atoms with E-state index in [9.17, 15) is 9.59 Å². The molecule has 3 unspecified atom stereocenters. The minimum atomic E-state index is -1.19. The number of aldehydes is 1. The molecule has 10 heteroatoms. The maximum absolute atomic E-state index is 11.7. The Morgan fingerprint density at radius 3 is 2.53 bits per heavy atom. The summed E-state index contributed by atoms with van der Waals surface area (Å²) in [5.74, 6) is 2.04. The highest BCUT2D eigenvalue weighted by atomic mass is 35.5. The number of rotatable bonds is 12. The fraction of sp³-hybridized carbons (Fsp3) is 0.462. The molecule has 0 spiro atoms. The molecule has 0 radical (unpaired) electrons. The van der Waals surface area contributed by atoms with E-state index in [0.717, 1.165) is 36.8 Å². The summed E-state index contributed by atoms with van der Waals surface area (Å²) in [5, 5.41) is 2.10. The summed E-state index contributed by atoms with van der Waals surface area (Å²) in [6, 6.07) is 12.4. The molecule has 0 aliphatic carbocycles. The van der Waals surface area contributed by atoms with Crippen LogP contribution in [-0.4, -0.2) is 55.6 Å². The number of carbonyl (C=O) groups excluding carboxylic acids is 2. The molecule has 1 aliphatic rings. The monoisotopic (exact) mass is 518 g/mol. The van der Waals surface area contributed by atoms with Crippen LogP contribution < -0.4 is 31.0 Å². The summed E-state index contributed by atoms with van der Waals surface area (Å²) in [6.07, 6.45) is 3.38. The number of nitrogens with zero attached hydrogens (tertiary/aromatic N) is 1. The highest BCUT2D eigenvalue weighted by Crippen LogP contribution is 2.40. The molecule has 3 atom stereocenters. The van der Waals surface area contributed by atoms with Crippen LogP contribution in [0.15, 0.2) is 42.5 Å². The maximum Gasteiger partial charge on any atom is 0.313 e. The molecule has 1 saturated heterocycles. The van der Waals surface area contributed by atoms with Gasteiger partial charge in [0.15, 0.2) is 0 Å². The van der Waals surface area contributed by atoms with Crippen molar-refractivity contribution in [3.8, 4) is 17.2 Å². The number of halogens is 1. The zero-order valence-electron chi connectivity index (χ0n) is 20.7. The lowest BCUT2D eigenvalue weighted by Gasteiger charge is -2.48. The van der Waals surface area contributed by atoms with Crippen LogP contribution in [0.4, 0.5) is 4.79 Å². The number of likely N-dealkylation sites (tertiary alicyclic amines) is 1. The molecule has 196 valence electrons. The Hall–Kier alpha value is -3.01. The summed E-state index contributed by atoms with van der Waals surface area (Å²) in [4.78, 5) is 24.7. The Morgan fingerprint density at radius 1 is 1.19 bits per heavy atom. The summed E-state index contributed by atoms with van der Waals surface area (Å²) >= 11 is 6.65. The van der Waals surface area contributed by atoms with E-state index in [0.29, 0.717) is 43.2 Å². The largest absolute Gasteiger partial charge is 0.497 e. The summed E-state index contributed by atoms with van der Waals surface area (Å²) in [5.41, 5.74) is 12.6. The van der Waals surface area contributed by atoms with E-state index in [1.807, 2.05) is 36.4 Å². The minimum absolute atomic E-state index is 0.191. The molecule has 2 amide bonds. The fourth-order valence-electron chi connectivity index (χ4n) is 4.53. The fourth-order valence-corrected chi connectivity index (χ4v) is 4.85. The predicted molar refractivity (Wildman–Crippen MR) is 138 cm³/mol. The van der Waals surface area contributed by atoms with Crippen molar-refractivity contribution in [2.24, 2.45) is 11.5 Å². The molecule has 1 heterocycles. The lowest BCUT2D eigenvalue weighted by atomic mass is 9.86. The van der Waals surface area contributed by atoms with Crippen LogP contribution in [0.2, 0.25) is 0 Å². The van der Waals surface area contributed by atoms with Crippen molar-refractivity contribution in [2.75, 3.05) is 27.3 Å². The molecule has 1 aliphatic heterocycles. The van der Waals surface area contributed by atoms with Crippen LogP contribution in [0.3, 0.4) is 0 Å². The number of hydrogen-bond donors (Lipinski definition) is 3. The number of amides is 2. The van der Waals surface area contributed by atoms with Gasteiger partial charge in [-0.3, -0.25) is 4.90 Å². The minimum Gasteiger partial charge on any atom is -0.497 e. The van der Waals surface area contributed by atoms with Crippen molar-refractivity contribution in [1.82, 2.24) is 10.2 Å². The first-order chi connectivity index (χ1) is 17.3. The zero-order valence-corrected chi connectivity index (χ0v) is 21.5. The van der Waals surface area contributed by atoms with Gasteiger partial charge in [-0.1, -0.05) is 18.2 Å². The molecule has 0 saturated carbocycles. The van der Waals surface area contributed by atoms with Gasteiger partial charge in [0.25, 0.3) is 0 Å². The smallest absolute Gasteiger partial charge is 0.313 e. The first-order valence-corrected chi connectivity index (χ1v) is 12.3. The third kappa shape index (κ3) is 7.02. The number of nitrogens with two attached hydrogens (primary N) is 2. The van der Waals surface area contributed by atoms with Crippen LogP contribution in [0, 0.1) is 0 Å². The Morgan fingerprint density at radius 2 is 1.89 bits per heavy atom. The van der Waals surface area contributed by atoms with Crippen LogP contribution in [0.25, 0.3) is 0 Å². The topological polar surface area (TPSA) is 129 Å². The Kier molecular flexibility index (Phi) is 9.81. The third-order valence-electron chi connectivity index (χ3n) is 6.38. The van der Waals surface area contributed by atoms with Crippen LogP contribution in [0.5, 0.6) is 17.2 Å². The Bertz CT molecular complexity index is 1020. The van der Waals surface area contributed by atoms with Gasteiger partial charge < -0.3 is 35.8 Å². The van der Waals surface area contributed by atoms with E-state index in [2.05, 4.69) is 10.2 Å². The summed E-state index contributed by atoms with van der Waals surface area (Å²) in [6.45, 7) is 1.45.